The number of benzene rings is 4. The molecule has 0 saturated carbocycles. The molecule has 0 fully saturated rings. The van der Waals surface area contributed by atoms with Gasteiger partial charge in [0.25, 0.3) is 0 Å². The van der Waals surface area contributed by atoms with Crippen molar-refractivity contribution in [3.63, 3.8) is 0 Å². The Hall–Kier alpha value is -5.22. The number of hydrogen-bond donors (Lipinski definition) is 2. The summed E-state index contributed by atoms with van der Waals surface area (Å²) in [5.41, 5.74) is 2.84. The zero-order valence-electron chi connectivity index (χ0n) is 26.2. The summed E-state index contributed by atoms with van der Waals surface area (Å²) in [6.45, 7) is 3.14. The van der Waals surface area contributed by atoms with Crippen LogP contribution in [0.2, 0.25) is 0 Å². The van der Waals surface area contributed by atoms with E-state index in [4.69, 9.17) is 9.59 Å². The summed E-state index contributed by atoms with van der Waals surface area (Å²) in [6.07, 6.45) is 3.79. The van der Waals surface area contributed by atoms with Crippen molar-refractivity contribution in [2.24, 2.45) is 0 Å². The third kappa shape index (κ3) is 13.0. The largest absolute Gasteiger partial charge is 0.506 e. The van der Waals surface area contributed by atoms with Crippen LogP contribution in [0, 0.1) is 0 Å². The van der Waals surface area contributed by atoms with Crippen LogP contribution in [0.3, 0.4) is 0 Å². The minimum Gasteiger partial charge on any atom is -0.506 e. The second-order valence-electron chi connectivity index (χ2n) is 10.2. The predicted octanol–water partition coefficient (Wildman–Crippen LogP) is 6.57. The van der Waals surface area contributed by atoms with Gasteiger partial charge in [-0.1, -0.05) is 72.8 Å². The van der Waals surface area contributed by atoms with Crippen molar-refractivity contribution in [1.82, 2.24) is 9.97 Å². The molecule has 0 aliphatic rings. The van der Waals surface area contributed by atoms with Crippen LogP contribution in [0.5, 0.6) is 11.5 Å². The molecule has 0 amide bonds. The Morgan fingerprint density at radius 2 is 0.830 bits per heavy atom. The first-order chi connectivity index (χ1) is 22.2. The fraction of sp³-hybridized carbons (Fsp3) is 0.105. The van der Waals surface area contributed by atoms with Crippen LogP contribution >= 0.6 is 0 Å². The van der Waals surface area contributed by atoms with Gasteiger partial charge < -0.3 is 10.2 Å². The minimum atomic E-state index is 0. The molecule has 0 saturated heterocycles. The van der Waals surface area contributed by atoms with Crippen molar-refractivity contribution < 1.29 is 29.4 Å². The van der Waals surface area contributed by atoms with Gasteiger partial charge in [0.1, 0.15) is 22.5 Å². The molecule has 2 aromatic heterocycles. The number of phenolic OH excluding ortho intramolecular Hbond substituents is 2. The topological polar surface area (TPSA) is 152 Å². The van der Waals surface area contributed by atoms with Crippen molar-refractivity contribution >= 4 is 68.8 Å². The van der Waals surface area contributed by atoms with Gasteiger partial charge in [0.05, 0.1) is 11.1 Å². The number of hydrogen-bond acceptors (Lipinski definition) is 4. The molecule has 8 nitrogen and oxygen atoms in total. The molecule has 6 N–H and O–H groups in total. The summed E-state index contributed by atoms with van der Waals surface area (Å²) < 4.78 is 0. The quantitative estimate of drug-likeness (QED) is 0.0860. The molecule has 9 heteroatoms. The second-order valence-corrected chi connectivity index (χ2v) is 10.2. The summed E-state index contributed by atoms with van der Waals surface area (Å²) in [5, 5.41) is 20.5. The molecule has 6 rings (SSSR count). The SMILES string of the molecule is CC(=[OH+])CC(=[OH+])c1ccccc1.CC(=[OH+])CC(=[OH+])c1ccccc1.Oc1cccc2cccnc12.Oc1cccc2cccnc12.[Sn]. The van der Waals surface area contributed by atoms with Crippen LogP contribution in [0.25, 0.3) is 21.8 Å². The molecule has 4 aromatic carbocycles. The number of nitrogens with zero attached hydrogens (tertiary/aromatic N) is 2. The van der Waals surface area contributed by atoms with Gasteiger partial charge in [-0.25, -0.2) is 0 Å². The predicted molar refractivity (Wildman–Crippen MR) is 192 cm³/mol. The first-order valence-corrected chi connectivity index (χ1v) is 14.4. The van der Waals surface area contributed by atoms with Gasteiger partial charge in [-0.05, 0) is 48.5 Å². The van der Waals surface area contributed by atoms with Crippen LogP contribution in [0.15, 0.2) is 134 Å². The van der Waals surface area contributed by atoms with Crippen molar-refractivity contribution in [3.8, 4) is 11.5 Å². The van der Waals surface area contributed by atoms with E-state index < -0.39 is 0 Å². The standard InChI is InChI=1S/2C10H10O2.2C9H7NO.Sn/c2*1-8(11)7-10(12)9-5-3-2-4-6-9;2*11-8-5-1-3-7-4-2-6-10-9(7)8;/h2*2-6H,7H2,1H3;2*1-6,11H;/p+4. The Morgan fingerprint density at radius 3 is 1.15 bits per heavy atom. The monoisotopic (exact) mass is 738 g/mol. The van der Waals surface area contributed by atoms with E-state index in [9.17, 15) is 19.8 Å². The Morgan fingerprint density at radius 1 is 0.489 bits per heavy atom. The molecule has 6 aromatic rings. The maximum atomic E-state index is 9.43. The average molecular weight is 737 g/mol. The third-order valence-electron chi connectivity index (χ3n) is 6.28. The number of carbonyl (C=O) groups excluding carboxylic acids is 4. The zero-order chi connectivity index (χ0) is 33.3. The van der Waals surface area contributed by atoms with E-state index in [1.807, 2.05) is 72.8 Å². The third-order valence-corrected chi connectivity index (χ3v) is 6.28. The summed E-state index contributed by atoms with van der Waals surface area (Å²) in [7, 11) is 0. The number of ketones is 4. The van der Waals surface area contributed by atoms with E-state index >= 15 is 0 Å². The molecule has 0 spiro atoms. The smallest absolute Gasteiger partial charge is 0.336 e. The Balaban J connectivity index is 0.000000216. The number of aromatic hydroxyl groups is 2. The molecule has 236 valence electrons. The van der Waals surface area contributed by atoms with E-state index in [0.29, 0.717) is 11.0 Å². The molecular weight excluding hydrogens is 699 g/mol. The van der Waals surface area contributed by atoms with E-state index in [1.54, 1.807) is 74.8 Å². The van der Waals surface area contributed by atoms with Crippen molar-refractivity contribution in [1.29, 1.82) is 0 Å². The summed E-state index contributed by atoms with van der Waals surface area (Å²) >= 11 is 0. The van der Waals surface area contributed by atoms with Crippen molar-refractivity contribution in [2.75, 3.05) is 0 Å². The summed E-state index contributed by atoms with van der Waals surface area (Å²) in [6, 6.07) is 36.6. The fourth-order valence-corrected chi connectivity index (χ4v) is 4.13. The minimum absolute atomic E-state index is 0. The van der Waals surface area contributed by atoms with Crippen LogP contribution < -0.4 is 0 Å². The second kappa shape index (κ2) is 20.0. The van der Waals surface area contributed by atoms with Gasteiger partial charge in [-0.3, -0.25) is 29.1 Å². The first-order valence-electron chi connectivity index (χ1n) is 14.4. The Kier molecular flexibility index (Phi) is 16.2. The Labute approximate surface area is 290 Å². The molecular formula is C38H38N2O6Sn+4. The van der Waals surface area contributed by atoms with Gasteiger partial charge in [-0.15, -0.1) is 0 Å². The summed E-state index contributed by atoms with van der Waals surface area (Å²) in [5.74, 6) is 1.32. The van der Waals surface area contributed by atoms with Crippen LogP contribution in [0.1, 0.15) is 37.8 Å². The van der Waals surface area contributed by atoms with Gasteiger partial charge in [0.15, 0.2) is 12.8 Å². The first kappa shape index (κ1) is 38.0. The Bertz CT molecular complexity index is 1760. The maximum absolute atomic E-state index is 9.43. The molecule has 0 aliphatic carbocycles. The number of phenols is 2. The van der Waals surface area contributed by atoms with Gasteiger partial charge in [-0.2, -0.15) is 0 Å². The number of fused-ring (bicyclic) bond motifs is 2. The maximum Gasteiger partial charge on any atom is 0.336 e. The molecule has 2 heterocycles. The number of pyridine rings is 2. The van der Waals surface area contributed by atoms with Gasteiger partial charge >= 0.3 is 23.1 Å². The number of aromatic nitrogens is 2. The fourth-order valence-electron chi connectivity index (χ4n) is 4.13. The van der Waals surface area contributed by atoms with Crippen molar-refractivity contribution in [2.45, 2.75) is 26.7 Å². The van der Waals surface area contributed by atoms with Crippen LogP contribution in [-0.2, 0) is 0 Å². The van der Waals surface area contributed by atoms with E-state index in [1.165, 1.54) is 0 Å². The van der Waals surface area contributed by atoms with Crippen molar-refractivity contribution in [3.05, 3.63) is 145 Å². The molecule has 0 aliphatic heterocycles. The summed E-state index contributed by atoms with van der Waals surface area (Å²) in [4.78, 5) is 44.8. The van der Waals surface area contributed by atoms with Gasteiger partial charge in [0.2, 0.25) is 0 Å². The number of para-hydroxylation sites is 2. The zero-order valence-corrected chi connectivity index (χ0v) is 29.0. The average Bonchev–Trinajstić information content (AvgIpc) is 3.06. The number of rotatable bonds is 6. The van der Waals surface area contributed by atoms with E-state index in [2.05, 4.69) is 9.97 Å². The molecule has 4 radical (unpaired) electrons. The molecule has 47 heavy (non-hydrogen) atoms. The van der Waals surface area contributed by atoms with Gasteiger partial charge in [0, 0.05) is 60.9 Å². The normalized spacial score (nSPS) is 9.57. The van der Waals surface area contributed by atoms with Crippen LogP contribution in [0.4, 0.5) is 0 Å². The molecule has 0 unspecified atom stereocenters. The molecule has 0 atom stereocenters. The van der Waals surface area contributed by atoms with E-state index in [0.717, 1.165) is 21.9 Å². The van der Waals surface area contributed by atoms with E-state index in [-0.39, 0.29) is 71.4 Å². The molecule has 0 bridgehead atoms. The van der Waals surface area contributed by atoms with Crippen LogP contribution in [-0.4, -0.2) is 86.4 Å².